The van der Waals surface area contributed by atoms with Gasteiger partial charge in [0, 0.05) is 78.5 Å². The molecule has 0 saturated carbocycles. The Bertz CT molecular complexity index is 2660. The van der Waals surface area contributed by atoms with E-state index in [-0.39, 0.29) is 34.8 Å². The fraction of sp³-hybridized carbons (Fsp3) is 0.492. The smallest absolute Gasteiger partial charge is 0.410 e. The number of nitriles is 1. The van der Waals surface area contributed by atoms with Gasteiger partial charge in [0.2, 0.25) is 11.8 Å². The first kappa shape index (κ1) is 70.1. The molecule has 21 heteroatoms. The highest BCUT2D eigenvalue weighted by Gasteiger charge is 2.24. The topological polar surface area (TPSA) is 210 Å². The highest BCUT2D eigenvalue weighted by Crippen LogP contribution is 2.19. The Labute approximate surface area is 506 Å². The van der Waals surface area contributed by atoms with E-state index in [0.717, 1.165) is 88.0 Å². The molecule has 3 aromatic carbocycles. The number of aromatic nitrogens is 4. The highest BCUT2D eigenvalue weighted by molar-refractivity contribution is 6.43. The van der Waals surface area contributed by atoms with Gasteiger partial charge in [-0.15, -0.1) is 43.6 Å². The number of nitrogens with zero attached hydrogens (tertiary/aromatic N) is 9. The fourth-order valence-electron chi connectivity index (χ4n) is 7.93. The van der Waals surface area contributed by atoms with Crippen molar-refractivity contribution in [2.24, 2.45) is 0 Å². The minimum atomic E-state index is -0.780. The molecule has 0 radical (unpaired) electrons. The van der Waals surface area contributed by atoms with Gasteiger partial charge in [-0.25, -0.2) is 4.79 Å². The molecule has 5 aromatic rings. The number of carbonyl (C=O) groups is 4. The summed E-state index contributed by atoms with van der Waals surface area (Å²) < 4.78 is 5.24. The van der Waals surface area contributed by atoms with Crippen LogP contribution in [0.15, 0.2) is 97.1 Å². The monoisotopic (exact) mass is 1210 g/mol. The molecule has 5 heterocycles. The summed E-state index contributed by atoms with van der Waals surface area (Å²) in [5, 5.41) is 39.4. The molecule has 3 N–H and O–H groups in total. The number of rotatable bonds is 10. The molecule has 3 amide bonds. The molecular weight excluding hydrogens is 1120 g/mol. The first-order valence-electron chi connectivity index (χ1n) is 27.7. The second-order valence-electron chi connectivity index (χ2n) is 21.4. The Morgan fingerprint density at radius 2 is 0.915 bits per heavy atom. The van der Waals surface area contributed by atoms with Gasteiger partial charge >= 0.3 is 12.1 Å². The van der Waals surface area contributed by atoms with Crippen LogP contribution in [-0.4, -0.2) is 153 Å². The zero-order valence-corrected chi connectivity index (χ0v) is 52.2. The summed E-state index contributed by atoms with van der Waals surface area (Å²) in [5.74, 6) is 1.92. The third-order valence-electron chi connectivity index (χ3n) is 12.6. The maximum absolute atomic E-state index is 12.6. The molecule has 3 aliphatic rings. The normalized spacial score (nSPS) is 14.0. The summed E-state index contributed by atoms with van der Waals surface area (Å²) in [6, 6.07) is 33.1. The fourth-order valence-corrected chi connectivity index (χ4v) is 8.14. The van der Waals surface area contributed by atoms with Crippen LogP contribution in [0.25, 0.3) is 0 Å². The van der Waals surface area contributed by atoms with Gasteiger partial charge < -0.3 is 40.1 Å². The van der Waals surface area contributed by atoms with E-state index in [0.29, 0.717) is 59.7 Å². The van der Waals surface area contributed by atoms with Gasteiger partial charge in [-0.3, -0.25) is 14.4 Å². The average Bonchev–Trinajstić information content (AvgIpc) is 3.50. The molecule has 17 nitrogen and oxygen atoms in total. The van der Waals surface area contributed by atoms with Crippen LogP contribution in [0.1, 0.15) is 126 Å². The van der Waals surface area contributed by atoms with Gasteiger partial charge in [0.15, 0.2) is 21.8 Å². The molecule has 0 spiro atoms. The van der Waals surface area contributed by atoms with Gasteiger partial charge in [0.25, 0.3) is 0 Å². The molecule has 3 saturated heterocycles. The molecule has 8 rings (SSSR count). The van der Waals surface area contributed by atoms with Crippen molar-refractivity contribution in [2.45, 2.75) is 117 Å². The number of hydrogen-bond donors (Lipinski definition) is 3. The van der Waals surface area contributed by atoms with Crippen molar-refractivity contribution in [1.29, 1.82) is 5.26 Å². The number of carboxylic acids is 1. The van der Waals surface area contributed by atoms with Crippen molar-refractivity contribution in [2.75, 3.05) is 83.4 Å². The summed E-state index contributed by atoms with van der Waals surface area (Å²) in [5.41, 5.74) is 6.81. The Hall–Kier alpha value is -6.13. The van der Waals surface area contributed by atoms with E-state index in [9.17, 15) is 19.2 Å². The average molecular weight is 1210 g/mol. The van der Waals surface area contributed by atoms with Gasteiger partial charge in [0.05, 0.1) is 19.3 Å². The number of aliphatic carboxylic acids is 1. The van der Waals surface area contributed by atoms with Crippen molar-refractivity contribution < 1.29 is 29.0 Å². The van der Waals surface area contributed by atoms with Gasteiger partial charge in [-0.1, -0.05) is 138 Å². The summed E-state index contributed by atoms with van der Waals surface area (Å²) in [6.07, 6.45) is 0.875. The zero-order chi connectivity index (χ0) is 60.8. The molecule has 0 aliphatic carbocycles. The van der Waals surface area contributed by atoms with Crippen molar-refractivity contribution in [1.82, 2.24) is 45.7 Å². The van der Waals surface area contributed by atoms with E-state index >= 15 is 0 Å². The van der Waals surface area contributed by atoms with Crippen molar-refractivity contribution in [3.05, 3.63) is 146 Å². The molecule has 446 valence electrons. The molecular formula is C61H83Cl4N11O6. The lowest BCUT2D eigenvalue weighted by Crippen LogP contribution is -2.49. The van der Waals surface area contributed by atoms with E-state index in [4.69, 9.17) is 61.5 Å². The predicted molar refractivity (Wildman–Crippen MR) is 329 cm³/mol. The lowest BCUT2D eigenvalue weighted by Gasteiger charge is -2.35. The number of amides is 3. The molecule has 82 heavy (non-hydrogen) atoms. The van der Waals surface area contributed by atoms with Crippen LogP contribution in [-0.2, 0) is 38.4 Å². The van der Waals surface area contributed by atoms with E-state index in [1.54, 1.807) is 36.1 Å². The lowest BCUT2D eigenvalue weighted by atomic mass is 10.0. The molecule has 0 unspecified atom stereocenters. The number of anilines is 1. The number of carboxylic acid groups (broad SMARTS) is 1. The number of nitrogens with one attached hydrogen (secondary N) is 2. The molecule has 2 aromatic heterocycles. The number of halogens is 4. The minimum Gasteiger partial charge on any atom is -0.481 e. The molecule has 0 atom stereocenters. The highest BCUT2D eigenvalue weighted by atomic mass is 35.5. The van der Waals surface area contributed by atoms with Crippen LogP contribution in [0.2, 0.25) is 10.3 Å². The van der Waals surface area contributed by atoms with E-state index < -0.39 is 5.97 Å². The number of benzene rings is 3. The Balaban J connectivity index is 0.000000277. The number of carbonyl (C=O) groups excluding carboxylic acids is 3. The van der Waals surface area contributed by atoms with Crippen molar-refractivity contribution in [3.8, 4) is 6.07 Å². The lowest BCUT2D eigenvalue weighted by molar-refractivity contribution is -0.136. The second kappa shape index (κ2) is 37.1. The van der Waals surface area contributed by atoms with Crippen molar-refractivity contribution in [3.63, 3.8) is 0 Å². The number of ether oxygens (including phenoxy) is 1. The third kappa shape index (κ3) is 28.7. The standard InChI is InChI=1S/C20H23N5O.C15H22N2O.C11H14O2.C9H18N2O2.C4H2Cl2N2.C2H4Cl2/c1-15(2)17-5-3-16(4-6-17)13-20(26)25-11-9-24(10-12-25)19-8-7-18(14-21)22-23-19;1-12(2)14-5-3-13(4-6-14)11-15(18)17-9-7-16-8-10-17;1-8(2)10-5-3-9(4-6-10)7-11(12)13;1-9(2,3)13-8(12)11-6-4-10-5-7-11;5-3-1-2-4(6)8-7-3;1-2(3)4/h3-8,15H,9-13H2,1-2H3;3-6,12,16H,7-11H2,1-2H3;3-6,8H,7H2,1-2H3,(H,12,13);10H,4-7H2,1-3H3;1-2H;2H,1H3. The largest absolute Gasteiger partial charge is 0.481 e. The maximum Gasteiger partial charge on any atom is 0.410 e. The maximum atomic E-state index is 12.6. The summed E-state index contributed by atoms with van der Waals surface area (Å²) in [4.78, 5) is 54.0. The second-order valence-corrected chi connectivity index (χ2v) is 23.7. The van der Waals surface area contributed by atoms with Crippen LogP contribution in [0.4, 0.5) is 10.6 Å². The summed E-state index contributed by atoms with van der Waals surface area (Å²) in [6.45, 7) is 29.8. The number of hydrogen-bond acceptors (Lipinski definition) is 13. The molecule has 3 aliphatic heterocycles. The van der Waals surface area contributed by atoms with Gasteiger partial charge in [0.1, 0.15) is 16.5 Å². The van der Waals surface area contributed by atoms with Crippen LogP contribution >= 0.6 is 46.4 Å². The first-order valence-corrected chi connectivity index (χ1v) is 29.3. The zero-order valence-electron chi connectivity index (χ0n) is 49.2. The van der Waals surface area contributed by atoms with E-state index in [1.807, 2.05) is 60.9 Å². The van der Waals surface area contributed by atoms with Crippen LogP contribution in [0.3, 0.4) is 0 Å². The van der Waals surface area contributed by atoms with Crippen LogP contribution in [0.5, 0.6) is 0 Å². The minimum absolute atomic E-state index is 0.109. The SMILES string of the molecule is CC(C)(C)OC(=O)N1CCNCC1.CC(C)c1ccc(CC(=O)N2CCN(c3ccc(C#N)nn3)CC2)cc1.CC(C)c1ccc(CC(=O)N2CCNCC2)cc1.CC(C)c1ccc(CC(=O)O)cc1.CC(Cl)Cl.Clc1ccc(Cl)nn1. The Morgan fingerprint density at radius 1 is 0.549 bits per heavy atom. The van der Waals surface area contributed by atoms with E-state index in [1.165, 1.54) is 16.7 Å². The Morgan fingerprint density at radius 3 is 1.23 bits per heavy atom. The van der Waals surface area contributed by atoms with Gasteiger partial charge in [-0.05, 0) is 103 Å². The van der Waals surface area contributed by atoms with E-state index in [2.05, 4.69) is 126 Å². The number of piperazine rings is 3. The van der Waals surface area contributed by atoms with Crippen molar-refractivity contribution >= 4 is 76.1 Å². The van der Waals surface area contributed by atoms with Crippen LogP contribution in [0, 0.1) is 11.3 Å². The molecule has 3 fully saturated rings. The first-order chi connectivity index (χ1) is 38.8. The summed E-state index contributed by atoms with van der Waals surface area (Å²) >= 11 is 20.8. The van der Waals surface area contributed by atoms with Crippen LogP contribution < -0.4 is 15.5 Å². The van der Waals surface area contributed by atoms with Gasteiger partial charge in [-0.2, -0.15) is 5.26 Å². The quantitative estimate of drug-likeness (QED) is 0.111. The third-order valence-corrected chi connectivity index (χ3v) is 13.0. The Kier molecular flexibility index (Phi) is 31.8. The predicted octanol–water partition coefficient (Wildman–Crippen LogP) is 11.0. The number of alkyl halides is 2. The molecule has 0 bridgehead atoms. The summed E-state index contributed by atoms with van der Waals surface area (Å²) in [7, 11) is 0.